The topological polar surface area (TPSA) is 75.2 Å². The number of nitrogens with zero attached hydrogens (tertiary/aromatic N) is 2. The summed E-state index contributed by atoms with van der Waals surface area (Å²) < 4.78 is 14.7. The van der Waals surface area contributed by atoms with Crippen molar-refractivity contribution in [2.24, 2.45) is 0 Å². The first-order chi connectivity index (χ1) is 15.5. The largest absolute Gasteiger partial charge is 0.329 e. The van der Waals surface area contributed by atoms with Crippen molar-refractivity contribution in [2.45, 2.75) is 44.6 Å². The molecule has 0 bridgehead atoms. The van der Waals surface area contributed by atoms with Crippen molar-refractivity contribution in [1.82, 2.24) is 14.5 Å². The molecule has 1 aliphatic heterocycles. The van der Waals surface area contributed by atoms with Gasteiger partial charge in [0.25, 0.3) is 5.56 Å². The maximum atomic E-state index is 13.0. The lowest BCUT2D eigenvalue weighted by atomic mass is 10.0. The Morgan fingerprint density at radius 3 is 2.44 bits per heavy atom. The highest BCUT2D eigenvalue weighted by molar-refractivity contribution is 5.95. The highest BCUT2D eigenvalue weighted by Gasteiger charge is 2.23. The molecule has 168 valence electrons. The van der Waals surface area contributed by atoms with E-state index in [0.29, 0.717) is 22.9 Å². The van der Waals surface area contributed by atoms with Crippen LogP contribution >= 0.6 is 0 Å². The smallest absolute Gasteiger partial charge is 0.303 e. The average molecular weight is 438 g/mol. The fourth-order valence-corrected chi connectivity index (χ4v) is 4.55. The van der Waals surface area contributed by atoms with E-state index in [1.165, 1.54) is 12.1 Å². The summed E-state index contributed by atoms with van der Waals surface area (Å²) in [6.45, 7) is 2.77. The van der Waals surface area contributed by atoms with Crippen molar-refractivity contribution in [3.63, 3.8) is 0 Å². The van der Waals surface area contributed by atoms with Gasteiger partial charge in [-0.15, -0.1) is 0 Å². The number of unbranched alkanes of at least 4 members (excludes halogenated alkanes) is 2. The first-order valence-corrected chi connectivity index (χ1v) is 11.3. The molecule has 7 heteroatoms. The van der Waals surface area contributed by atoms with Crippen molar-refractivity contribution < 1.29 is 9.18 Å². The van der Waals surface area contributed by atoms with Crippen LogP contribution in [-0.2, 0) is 0 Å². The molecule has 32 heavy (non-hydrogen) atoms. The monoisotopic (exact) mass is 437 g/mol. The van der Waals surface area contributed by atoms with Gasteiger partial charge in [0, 0.05) is 31.1 Å². The molecule has 2 aromatic carbocycles. The first-order valence-electron chi connectivity index (χ1n) is 11.3. The molecule has 1 saturated heterocycles. The van der Waals surface area contributed by atoms with Gasteiger partial charge in [0.15, 0.2) is 5.78 Å². The molecule has 1 fully saturated rings. The molecule has 0 atom stereocenters. The number of nitrogens with one attached hydrogen (secondary N) is 1. The van der Waals surface area contributed by atoms with Crippen LogP contribution in [-0.4, -0.2) is 39.9 Å². The molecule has 0 saturated carbocycles. The third kappa shape index (κ3) is 5.05. The molecule has 0 spiro atoms. The lowest BCUT2D eigenvalue weighted by molar-refractivity contribution is 0.0978. The number of Topliss-reactive ketones (excluding diaryl/α,β-unsaturated/α-hetero) is 1. The normalized spacial score (nSPS) is 15.3. The quantitative estimate of drug-likeness (QED) is 0.428. The zero-order valence-corrected chi connectivity index (χ0v) is 18.1. The van der Waals surface area contributed by atoms with Gasteiger partial charge < -0.3 is 4.90 Å². The number of aromatic amines is 1. The number of rotatable bonds is 8. The summed E-state index contributed by atoms with van der Waals surface area (Å²) in [5.74, 6) is -0.270. The van der Waals surface area contributed by atoms with Crippen molar-refractivity contribution in [2.75, 3.05) is 19.6 Å². The number of aromatic nitrogens is 2. The third-order valence-electron chi connectivity index (χ3n) is 6.31. The van der Waals surface area contributed by atoms with Crippen LogP contribution in [0.5, 0.6) is 0 Å². The Labute approximate surface area is 185 Å². The molecule has 0 amide bonds. The zero-order chi connectivity index (χ0) is 22.5. The zero-order valence-electron chi connectivity index (χ0n) is 18.1. The number of likely N-dealkylation sites (tertiary alicyclic amines) is 1. The summed E-state index contributed by atoms with van der Waals surface area (Å²) in [5, 5.41) is 0.546. The van der Waals surface area contributed by atoms with E-state index in [4.69, 9.17) is 0 Å². The Kier molecular flexibility index (Phi) is 6.95. The minimum absolute atomic E-state index is 0.0596. The van der Waals surface area contributed by atoms with Crippen molar-refractivity contribution in [3.05, 3.63) is 80.7 Å². The van der Waals surface area contributed by atoms with Crippen LogP contribution in [0, 0.1) is 5.82 Å². The van der Waals surface area contributed by atoms with Crippen LogP contribution in [0.15, 0.2) is 58.1 Å². The Hall–Kier alpha value is -3.06. The summed E-state index contributed by atoms with van der Waals surface area (Å²) in [6.07, 6.45) is 5.01. The number of hydrogen-bond acceptors (Lipinski definition) is 4. The molecule has 1 aliphatic rings. The molecule has 2 heterocycles. The number of carbonyl (C=O) groups excluding carboxylic acids is 1. The molecule has 6 nitrogen and oxygen atoms in total. The molecule has 0 aliphatic carbocycles. The number of piperidine rings is 1. The Morgan fingerprint density at radius 2 is 1.69 bits per heavy atom. The van der Waals surface area contributed by atoms with E-state index in [-0.39, 0.29) is 28.9 Å². The summed E-state index contributed by atoms with van der Waals surface area (Å²) in [6, 6.07) is 13.1. The second-order valence-corrected chi connectivity index (χ2v) is 8.46. The van der Waals surface area contributed by atoms with Crippen LogP contribution in [0.1, 0.15) is 54.9 Å². The molecule has 3 aromatic rings. The van der Waals surface area contributed by atoms with E-state index >= 15 is 0 Å². The maximum absolute atomic E-state index is 13.0. The van der Waals surface area contributed by atoms with Crippen molar-refractivity contribution in [3.8, 4) is 0 Å². The number of hydrogen-bond donors (Lipinski definition) is 1. The van der Waals surface area contributed by atoms with Crippen LogP contribution in [0.2, 0.25) is 0 Å². The van der Waals surface area contributed by atoms with Gasteiger partial charge in [-0.3, -0.25) is 19.1 Å². The molecule has 1 N–H and O–H groups in total. The SMILES string of the molecule is O=C(CCCCCN1CCC(n2c(=O)[nH]c(=O)c3ccccc32)CC1)c1ccc(F)cc1. The second-order valence-electron chi connectivity index (χ2n) is 8.46. The molecule has 0 unspecified atom stereocenters. The second kappa shape index (κ2) is 10.0. The number of fused-ring (bicyclic) bond motifs is 1. The predicted molar refractivity (Wildman–Crippen MR) is 123 cm³/mol. The number of ketones is 1. The van der Waals surface area contributed by atoms with Crippen molar-refractivity contribution >= 4 is 16.7 Å². The Balaban J connectivity index is 1.23. The van der Waals surface area contributed by atoms with Crippen LogP contribution in [0.3, 0.4) is 0 Å². The van der Waals surface area contributed by atoms with Crippen LogP contribution in [0.4, 0.5) is 4.39 Å². The van der Waals surface area contributed by atoms with Gasteiger partial charge in [0.2, 0.25) is 0 Å². The van der Waals surface area contributed by atoms with Gasteiger partial charge in [-0.25, -0.2) is 9.18 Å². The van der Waals surface area contributed by atoms with E-state index in [0.717, 1.165) is 51.7 Å². The maximum Gasteiger partial charge on any atom is 0.329 e. The van der Waals surface area contributed by atoms with Gasteiger partial charge in [0.05, 0.1) is 10.9 Å². The van der Waals surface area contributed by atoms with Crippen molar-refractivity contribution in [1.29, 1.82) is 0 Å². The minimum atomic E-state index is -0.336. The molecular formula is C25H28FN3O3. The van der Waals surface area contributed by atoms with E-state index in [1.54, 1.807) is 22.8 Å². The van der Waals surface area contributed by atoms with E-state index in [9.17, 15) is 18.8 Å². The van der Waals surface area contributed by atoms with E-state index in [2.05, 4.69) is 9.88 Å². The summed E-state index contributed by atoms with van der Waals surface area (Å²) in [4.78, 5) is 41.6. The highest BCUT2D eigenvalue weighted by Crippen LogP contribution is 2.24. The van der Waals surface area contributed by atoms with Crippen LogP contribution < -0.4 is 11.2 Å². The number of benzene rings is 2. The number of H-pyrrole nitrogens is 1. The standard InChI is InChI=1S/C25H28FN3O3/c26-19-11-9-18(10-12-19)23(30)8-2-1-5-15-28-16-13-20(14-17-28)29-22-7-4-3-6-21(22)24(31)27-25(29)32/h3-4,6-7,9-12,20H,1-2,5,8,13-17H2,(H,27,31,32). The third-order valence-corrected chi connectivity index (χ3v) is 6.31. The molecule has 4 rings (SSSR count). The van der Waals surface area contributed by atoms with Gasteiger partial charge in [-0.2, -0.15) is 0 Å². The predicted octanol–water partition coefficient (Wildman–Crippen LogP) is 3.91. The van der Waals surface area contributed by atoms with Crippen LogP contribution in [0.25, 0.3) is 10.9 Å². The first kappa shape index (κ1) is 22.1. The molecule has 1 aromatic heterocycles. The van der Waals surface area contributed by atoms with E-state index < -0.39 is 0 Å². The molecular weight excluding hydrogens is 409 g/mol. The number of carbonyl (C=O) groups is 1. The van der Waals surface area contributed by atoms with Gasteiger partial charge in [-0.05, 0) is 68.6 Å². The lowest BCUT2D eigenvalue weighted by Gasteiger charge is -2.33. The lowest BCUT2D eigenvalue weighted by Crippen LogP contribution is -2.40. The number of para-hydroxylation sites is 1. The summed E-state index contributed by atoms with van der Waals surface area (Å²) >= 11 is 0. The Morgan fingerprint density at radius 1 is 0.969 bits per heavy atom. The van der Waals surface area contributed by atoms with E-state index in [1.807, 2.05) is 18.2 Å². The summed E-state index contributed by atoms with van der Waals surface area (Å²) in [7, 11) is 0. The van der Waals surface area contributed by atoms with Gasteiger partial charge >= 0.3 is 5.69 Å². The van der Waals surface area contributed by atoms with Gasteiger partial charge in [-0.1, -0.05) is 18.6 Å². The average Bonchev–Trinajstić information content (AvgIpc) is 2.80. The Bertz CT molecular complexity index is 1190. The minimum Gasteiger partial charge on any atom is -0.303 e. The molecule has 0 radical (unpaired) electrons. The highest BCUT2D eigenvalue weighted by atomic mass is 19.1. The summed E-state index contributed by atoms with van der Waals surface area (Å²) in [5.41, 5.74) is 0.596. The number of halogens is 1. The fraction of sp³-hybridized carbons (Fsp3) is 0.400. The fourth-order valence-electron chi connectivity index (χ4n) is 4.55. The van der Waals surface area contributed by atoms with Gasteiger partial charge in [0.1, 0.15) is 5.82 Å².